The van der Waals surface area contributed by atoms with E-state index in [1.165, 1.54) is 58.0 Å². The first kappa shape index (κ1) is 14.8. The van der Waals surface area contributed by atoms with E-state index in [1.54, 1.807) is 0 Å². The lowest BCUT2D eigenvalue weighted by atomic mass is 9.74. The van der Waals surface area contributed by atoms with Crippen LogP contribution in [0.5, 0.6) is 0 Å². The molecule has 2 nitrogen and oxygen atoms in total. The van der Waals surface area contributed by atoms with E-state index in [4.69, 9.17) is 0 Å². The van der Waals surface area contributed by atoms with Crippen LogP contribution in [0, 0.1) is 23.7 Å². The lowest BCUT2D eigenvalue weighted by molar-refractivity contribution is 0.0126. The van der Waals surface area contributed by atoms with E-state index in [0.29, 0.717) is 5.92 Å². The maximum Gasteiger partial charge on any atom is 0.0580 e. The highest BCUT2D eigenvalue weighted by Crippen LogP contribution is 2.39. The van der Waals surface area contributed by atoms with E-state index in [1.807, 2.05) is 0 Å². The van der Waals surface area contributed by atoms with Crippen molar-refractivity contribution in [1.29, 1.82) is 0 Å². The maximum atomic E-state index is 10.4. The molecule has 5 atom stereocenters. The Morgan fingerprint density at radius 2 is 1.85 bits per heavy atom. The average molecular weight is 279 g/mol. The van der Waals surface area contributed by atoms with Gasteiger partial charge < -0.3 is 5.11 Å². The molecule has 0 aromatic heterocycles. The molecule has 2 aliphatic carbocycles. The van der Waals surface area contributed by atoms with Crippen molar-refractivity contribution in [3.63, 3.8) is 0 Å². The predicted molar refractivity (Wildman–Crippen MR) is 83.6 cm³/mol. The SMILES string of the molecule is CC(C)C1CCC(O)C(CN2CCC3CCCCC32)C1. The molecule has 0 aromatic carbocycles. The first-order valence-electron chi connectivity index (χ1n) is 9.07. The second-order valence-corrected chi connectivity index (χ2v) is 8.04. The molecule has 1 heterocycles. The Labute approximate surface area is 124 Å². The van der Waals surface area contributed by atoms with Gasteiger partial charge in [-0.25, -0.2) is 0 Å². The van der Waals surface area contributed by atoms with Crippen molar-refractivity contribution >= 4 is 0 Å². The molecule has 3 aliphatic rings. The standard InChI is InChI=1S/C18H33NO/c1-13(2)15-7-8-18(20)16(11-15)12-19-10-9-14-5-3-4-6-17(14)19/h13-18,20H,3-12H2,1-2H3. The molecule has 0 bridgehead atoms. The topological polar surface area (TPSA) is 23.5 Å². The number of aliphatic hydroxyl groups excluding tert-OH is 1. The fourth-order valence-corrected chi connectivity index (χ4v) is 5.12. The summed E-state index contributed by atoms with van der Waals surface area (Å²) in [6.45, 7) is 7.18. The summed E-state index contributed by atoms with van der Waals surface area (Å²) >= 11 is 0. The summed E-state index contributed by atoms with van der Waals surface area (Å²) < 4.78 is 0. The van der Waals surface area contributed by atoms with Gasteiger partial charge in [0.15, 0.2) is 0 Å². The van der Waals surface area contributed by atoms with Gasteiger partial charge in [0.1, 0.15) is 0 Å². The number of likely N-dealkylation sites (tertiary alicyclic amines) is 1. The molecule has 2 heteroatoms. The Bertz CT molecular complexity index is 317. The lowest BCUT2D eigenvalue weighted by Crippen LogP contribution is -2.43. The minimum absolute atomic E-state index is 0.0346. The van der Waals surface area contributed by atoms with Crippen molar-refractivity contribution in [3.05, 3.63) is 0 Å². The van der Waals surface area contributed by atoms with Crippen LogP contribution >= 0.6 is 0 Å². The highest BCUT2D eigenvalue weighted by Gasteiger charge is 2.39. The third-order valence-corrected chi connectivity index (χ3v) is 6.52. The molecule has 20 heavy (non-hydrogen) atoms. The fraction of sp³-hybridized carbons (Fsp3) is 1.00. The fourth-order valence-electron chi connectivity index (χ4n) is 5.12. The molecule has 2 saturated carbocycles. The number of rotatable bonds is 3. The van der Waals surface area contributed by atoms with Gasteiger partial charge in [0.2, 0.25) is 0 Å². The van der Waals surface area contributed by atoms with Crippen LogP contribution in [0.15, 0.2) is 0 Å². The quantitative estimate of drug-likeness (QED) is 0.852. The highest BCUT2D eigenvalue weighted by molar-refractivity contribution is 4.92. The van der Waals surface area contributed by atoms with E-state index in [2.05, 4.69) is 18.7 Å². The zero-order valence-electron chi connectivity index (χ0n) is 13.4. The molecule has 1 saturated heterocycles. The van der Waals surface area contributed by atoms with Gasteiger partial charge in [-0.05, 0) is 68.7 Å². The summed E-state index contributed by atoms with van der Waals surface area (Å²) in [7, 11) is 0. The van der Waals surface area contributed by atoms with Crippen molar-refractivity contribution in [2.24, 2.45) is 23.7 Å². The first-order chi connectivity index (χ1) is 9.65. The lowest BCUT2D eigenvalue weighted by Gasteiger charge is -2.39. The third-order valence-electron chi connectivity index (χ3n) is 6.52. The molecule has 0 radical (unpaired) electrons. The van der Waals surface area contributed by atoms with Crippen molar-refractivity contribution < 1.29 is 5.11 Å². The Balaban J connectivity index is 1.58. The van der Waals surface area contributed by atoms with E-state index >= 15 is 0 Å². The molecular formula is C18H33NO. The van der Waals surface area contributed by atoms with E-state index in [0.717, 1.165) is 30.2 Å². The highest BCUT2D eigenvalue weighted by atomic mass is 16.3. The van der Waals surface area contributed by atoms with Crippen LogP contribution in [0.1, 0.15) is 65.2 Å². The van der Waals surface area contributed by atoms with Crippen molar-refractivity contribution in [3.8, 4) is 0 Å². The average Bonchev–Trinajstić information content (AvgIpc) is 2.84. The van der Waals surface area contributed by atoms with E-state index in [9.17, 15) is 5.11 Å². The van der Waals surface area contributed by atoms with Gasteiger partial charge in [-0.15, -0.1) is 0 Å². The molecule has 1 N–H and O–H groups in total. The molecule has 3 rings (SSSR count). The van der Waals surface area contributed by atoms with Gasteiger partial charge >= 0.3 is 0 Å². The Morgan fingerprint density at radius 1 is 1.05 bits per heavy atom. The normalized spacial score (nSPS) is 42.9. The van der Waals surface area contributed by atoms with Gasteiger partial charge in [0.25, 0.3) is 0 Å². The number of nitrogens with zero attached hydrogens (tertiary/aromatic N) is 1. The summed E-state index contributed by atoms with van der Waals surface area (Å²) in [4.78, 5) is 2.75. The molecule has 0 spiro atoms. The van der Waals surface area contributed by atoms with Crippen LogP contribution < -0.4 is 0 Å². The zero-order chi connectivity index (χ0) is 14.1. The maximum absolute atomic E-state index is 10.4. The number of hydrogen-bond donors (Lipinski definition) is 1. The van der Waals surface area contributed by atoms with Gasteiger partial charge in [0.05, 0.1) is 6.10 Å². The van der Waals surface area contributed by atoms with E-state index in [-0.39, 0.29) is 6.10 Å². The largest absolute Gasteiger partial charge is 0.393 e. The smallest absolute Gasteiger partial charge is 0.0580 e. The number of fused-ring (bicyclic) bond motifs is 1. The van der Waals surface area contributed by atoms with Crippen LogP contribution in [0.3, 0.4) is 0 Å². The Kier molecular flexibility index (Phi) is 4.72. The summed E-state index contributed by atoms with van der Waals surface area (Å²) in [6, 6.07) is 0.857. The number of aliphatic hydroxyl groups is 1. The predicted octanol–water partition coefficient (Wildman–Crippen LogP) is 3.68. The molecule has 116 valence electrons. The number of hydrogen-bond acceptors (Lipinski definition) is 2. The summed E-state index contributed by atoms with van der Waals surface area (Å²) in [5.41, 5.74) is 0. The second kappa shape index (κ2) is 6.36. The van der Waals surface area contributed by atoms with Crippen LogP contribution in [-0.2, 0) is 0 Å². The first-order valence-corrected chi connectivity index (χ1v) is 9.07. The summed E-state index contributed by atoms with van der Waals surface area (Å²) in [5, 5.41) is 10.4. The van der Waals surface area contributed by atoms with Crippen LogP contribution in [0.4, 0.5) is 0 Å². The molecule has 5 unspecified atom stereocenters. The van der Waals surface area contributed by atoms with Gasteiger partial charge in [-0.2, -0.15) is 0 Å². The molecular weight excluding hydrogens is 246 g/mol. The molecule has 0 aromatic rings. The van der Waals surface area contributed by atoms with Crippen LogP contribution in [-0.4, -0.2) is 35.2 Å². The van der Waals surface area contributed by atoms with Crippen molar-refractivity contribution in [1.82, 2.24) is 4.90 Å². The van der Waals surface area contributed by atoms with Gasteiger partial charge in [-0.1, -0.05) is 26.7 Å². The minimum atomic E-state index is -0.0346. The van der Waals surface area contributed by atoms with E-state index < -0.39 is 0 Å². The van der Waals surface area contributed by atoms with Gasteiger partial charge in [-0.3, -0.25) is 4.90 Å². The Morgan fingerprint density at radius 3 is 2.65 bits per heavy atom. The molecule has 0 amide bonds. The van der Waals surface area contributed by atoms with Crippen molar-refractivity contribution in [2.75, 3.05) is 13.1 Å². The second-order valence-electron chi connectivity index (χ2n) is 8.04. The monoisotopic (exact) mass is 279 g/mol. The zero-order valence-corrected chi connectivity index (χ0v) is 13.4. The molecule has 3 fully saturated rings. The molecule has 1 aliphatic heterocycles. The third kappa shape index (κ3) is 3.06. The van der Waals surface area contributed by atoms with Crippen molar-refractivity contribution in [2.45, 2.75) is 77.4 Å². The summed E-state index contributed by atoms with van der Waals surface area (Å²) in [6.07, 6.45) is 10.7. The van der Waals surface area contributed by atoms with Gasteiger partial charge in [0, 0.05) is 12.6 Å². The Hall–Kier alpha value is -0.0800. The van der Waals surface area contributed by atoms with Crippen LogP contribution in [0.2, 0.25) is 0 Å². The minimum Gasteiger partial charge on any atom is -0.393 e. The summed E-state index contributed by atoms with van der Waals surface area (Å²) in [5.74, 6) is 3.14. The van der Waals surface area contributed by atoms with Crippen LogP contribution in [0.25, 0.3) is 0 Å².